The smallest absolute Gasteiger partial charge is 0.162 e. The van der Waals surface area contributed by atoms with E-state index in [0.717, 1.165) is 45.1 Å². The van der Waals surface area contributed by atoms with E-state index in [2.05, 4.69) is 36.7 Å². The molecule has 2 aromatic rings. The molecule has 2 heterocycles. The number of nitriles is 1. The van der Waals surface area contributed by atoms with Gasteiger partial charge in [-0.25, -0.2) is 0 Å². The lowest BCUT2D eigenvalue weighted by molar-refractivity contribution is -0.118. The maximum absolute atomic E-state index is 13.1. The first kappa shape index (κ1) is 19.5. The number of hydrogen-bond donors (Lipinski definition) is 1. The van der Waals surface area contributed by atoms with E-state index in [9.17, 15) is 10.1 Å². The Bertz CT molecular complexity index is 1080. The molecule has 0 bridgehead atoms. The van der Waals surface area contributed by atoms with Crippen LogP contribution in [0.25, 0.3) is 11.1 Å². The summed E-state index contributed by atoms with van der Waals surface area (Å²) in [6.45, 7) is 6.17. The number of ketones is 1. The van der Waals surface area contributed by atoms with Crippen molar-refractivity contribution in [2.45, 2.75) is 39.5 Å². The van der Waals surface area contributed by atoms with Gasteiger partial charge in [0.15, 0.2) is 5.78 Å². The Morgan fingerprint density at radius 3 is 2.59 bits per heavy atom. The summed E-state index contributed by atoms with van der Waals surface area (Å²) in [6.07, 6.45) is 1.33. The van der Waals surface area contributed by atoms with Crippen LogP contribution in [0.4, 0.5) is 0 Å². The molecule has 4 nitrogen and oxygen atoms in total. The van der Waals surface area contributed by atoms with Crippen LogP contribution in [0, 0.1) is 16.7 Å². The Labute approximate surface area is 175 Å². The van der Waals surface area contributed by atoms with Gasteiger partial charge in [0.1, 0.15) is 5.75 Å². The number of allylic oxidation sites excluding steroid dienone is 4. The van der Waals surface area contributed by atoms with Crippen LogP contribution < -0.4 is 10.1 Å². The highest BCUT2D eigenvalue weighted by molar-refractivity contribution is 7.10. The highest BCUT2D eigenvalue weighted by Gasteiger charge is 2.41. The third-order valence-electron chi connectivity index (χ3n) is 5.69. The number of nitrogens with one attached hydrogen (secondary N) is 1. The zero-order valence-electron chi connectivity index (χ0n) is 17.1. The standard InChI is InChI=1S/C24H24N2O2S/c1-14-18(12-25)22(23-19(26-14)10-24(2,3)11-20(23)27)21-9-16(13-29-21)15-5-7-17(28-4)8-6-15/h5-9,13,22,26H,10-11H2,1-4H3. The summed E-state index contributed by atoms with van der Waals surface area (Å²) in [5.74, 6) is 0.684. The zero-order valence-corrected chi connectivity index (χ0v) is 17.9. The molecule has 29 heavy (non-hydrogen) atoms. The van der Waals surface area contributed by atoms with E-state index in [1.807, 2.05) is 31.2 Å². The number of carbonyl (C=O) groups excluding carboxylic acids is 1. The number of benzene rings is 1. The Morgan fingerprint density at radius 1 is 1.21 bits per heavy atom. The van der Waals surface area contributed by atoms with Crippen LogP contribution in [0.2, 0.25) is 0 Å². The van der Waals surface area contributed by atoms with Crippen molar-refractivity contribution >= 4 is 17.1 Å². The van der Waals surface area contributed by atoms with Gasteiger partial charge in [-0.3, -0.25) is 4.79 Å². The quantitative estimate of drug-likeness (QED) is 0.728. The van der Waals surface area contributed by atoms with Crippen LogP contribution in [-0.2, 0) is 4.79 Å². The summed E-state index contributed by atoms with van der Waals surface area (Å²) in [4.78, 5) is 14.1. The summed E-state index contributed by atoms with van der Waals surface area (Å²) < 4.78 is 5.24. The third kappa shape index (κ3) is 3.49. The van der Waals surface area contributed by atoms with Crippen molar-refractivity contribution < 1.29 is 9.53 Å². The van der Waals surface area contributed by atoms with Crippen LogP contribution in [0.3, 0.4) is 0 Å². The van der Waals surface area contributed by atoms with E-state index >= 15 is 0 Å². The number of ether oxygens (including phenoxy) is 1. The van der Waals surface area contributed by atoms with E-state index < -0.39 is 0 Å². The fourth-order valence-corrected chi connectivity index (χ4v) is 5.34. The predicted molar refractivity (Wildman–Crippen MR) is 116 cm³/mol. The van der Waals surface area contributed by atoms with Crippen molar-refractivity contribution in [3.8, 4) is 22.9 Å². The number of thiophene rings is 1. The lowest BCUT2D eigenvalue weighted by atomic mass is 9.70. The predicted octanol–water partition coefficient (Wildman–Crippen LogP) is 5.55. The largest absolute Gasteiger partial charge is 0.497 e. The summed E-state index contributed by atoms with van der Waals surface area (Å²) in [5, 5.41) is 15.3. The molecule has 1 N–H and O–H groups in total. The molecule has 148 valence electrons. The molecule has 5 heteroatoms. The number of nitrogens with zero attached hydrogens (tertiary/aromatic N) is 1. The first-order valence-electron chi connectivity index (χ1n) is 9.70. The fourth-order valence-electron chi connectivity index (χ4n) is 4.31. The zero-order chi connectivity index (χ0) is 20.8. The van der Waals surface area contributed by atoms with Crippen molar-refractivity contribution in [3.63, 3.8) is 0 Å². The van der Waals surface area contributed by atoms with Crippen LogP contribution in [0.15, 0.2) is 58.3 Å². The van der Waals surface area contributed by atoms with Crippen LogP contribution in [0.1, 0.15) is 44.4 Å². The maximum Gasteiger partial charge on any atom is 0.162 e. The molecule has 1 aromatic heterocycles. The number of carbonyl (C=O) groups is 1. The Hall–Kier alpha value is -2.84. The first-order valence-corrected chi connectivity index (χ1v) is 10.6. The second kappa shape index (κ2) is 7.20. The summed E-state index contributed by atoms with van der Waals surface area (Å²) in [6, 6.07) is 12.4. The van der Waals surface area contributed by atoms with Gasteiger partial charge in [-0.1, -0.05) is 26.0 Å². The molecule has 1 atom stereocenters. The van der Waals surface area contributed by atoms with Gasteiger partial charge in [0.2, 0.25) is 0 Å². The summed E-state index contributed by atoms with van der Waals surface area (Å²) >= 11 is 1.61. The van der Waals surface area contributed by atoms with Crippen molar-refractivity contribution in [1.82, 2.24) is 5.32 Å². The fraction of sp³-hybridized carbons (Fsp3) is 0.333. The minimum absolute atomic E-state index is 0.0679. The van der Waals surface area contributed by atoms with Gasteiger partial charge in [-0.05, 0) is 53.5 Å². The summed E-state index contributed by atoms with van der Waals surface area (Å²) in [5.41, 5.74) is 5.35. The highest BCUT2D eigenvalue weighted by atomic mass is 32.1. The second-order valence-corrected chi connectivity index (χ2v) is 9.45. The molecule has 0 radical (unpaired) electrons. The monoisotopic (exact) mass is 404 g/mol. The third-order valence-corrected chi connectivity index (χ3v) is 6.69. The van der Waals surface area contributed by atoms with E-state index in [1.165, 1.54) is 0 Å². The van der Waals surface area contributed by atoms with Crippen molar-refractivity contribution in [3.05, 3.63) is 63.1 Å². The molecule has 1 unspecified atom stereocenters. The van der Waals surface area contributed by atoms with Gasteiger partial charge >= 0.3 is 0 Å². The Kier molecular flexibility index (Phi) is 4.84. The molecular formula is C24H24N2O2S. The summed E-state index contributed by atoms with van der Waals surface area (Å²) in [7, 11) is 1.65. The Balaban J connectivity index is 1.78. The molecule has 1 aliphatic carbocycles. The van der Waals surface area contributed by atoms with Crippen molar-refractivity contribution in [1.29, 1.82) is 5.26 Å². The normalized spacial score (nSPS) is 20.8. The van der Waals surface area contributed by atoms with Gasteiger partial charge in [-0.15, -0.1) is 11.3 Å². The van der Waals surface area contributed by atoms with E-state index in [4.69, 9.17) is 4.74 Å². The highest BCUT2D eigenvalue weighted by Crippen LogP contribution is 2.48. The lowest BCUT2D eigenvalue weighted by Gasteiger charge is -2.38. The van der Waals surface area contributed by atoms with Crippen LogP contribution in [0.5, 0.6) is 5.75 Å². The number of dihydropyridines is 1. The topological polar surface area (TPSA) is 62.1 Å². The number of Topliss-reactive ketones (excluding diaryl/α,β-unsaturated/α-hetero) is 1. The second-order valence-electron chi connectivity index (χ2n) is 8.51. The first-order chi connectivity index (χ1) is 13.8. The van der Waals surface area contributed by atoms with Crippen molar-refractivity contribution in [2.75, 3.05) is 7.11 Å². The van der Waals surface area contributed by atoms with Crippen LogP contribution in [-0.4, -0.2) is 12.9 Å². The Morgan fingerprint density at radius 2 is 1.93 bits per heavy atom. The van der Waals surface area contributed by atoms with Crippen LogP contribution >= 0.6 is 11.3 Å². The molecule has 0 spiro atoms. The maximum atomic E-state index is 13.1. The van der Waals surface area contributed by atoms with Crippen molar-refractivity contribution in [2.24, 2.45) is 5.41 Å². The van der Waals surface area contributed by atoms with Gasteiger partial charge in [0.25, 0.3) is 0 Å². The minimum atomic E-state index is -0.281. The lowest BCUT2D eigenvalue weighted by Crippen LogP contribution is -2.36. The molecule has 0 saturated carbocycles. The molecule has 0 saturated heterocycles. The number of methoxy groups -OCH3 is 1. The number of hydrogen-bond acceptors (Lipinski definition) is 5. The molecule has 1 aliphatic heterocycles. The van der Waals surface area contributed by atoms with Gasteiger partial charge in [0, 0.05) is 28.3 Å². The van der Waals surface area contributed by atoms with E-state index in [1.54, 1.807) is 18.4 Å². The molecular weight excluding hydrogens is 380 g/mol. The average Bonchev–Trinajstić information content (AvgIpc) is 3.15. The molecule has 4 rings (SSSR count). The molecule has 1 aromatic carbocycles. The van der Waals surface area contributed by atoms with E-state index in [-0.39, 0.29) is 17.1 Å². The van der Waals surface area contributed by atoms with E-state index in [0.29, 0.717) is 12.0 Å². The minimum Gasteiger partial charge on any atom is -0.497 e. The van der Waals surface area contributed by atoms with Gasteiger partial charge in [-0.2, -0.15) is 5.26 Å². The van der Waals surface area contributed by atoms with Gasteiger partial charge < -0.3 is 10.1 Å². The average molecular weight is 405 g/mol. The van der Waals surface area contributed by atoms with Gasteiger partial charge in [0.05, 0.1) is 24.7 Å². The molecule has 0 fully saturated rings. The molecule has 2 aliphatic rings. The SMILES string of the molecule is COc1ccc(-c2csc(C3C(C#N)=C(C)NC4=C3C(=O)CC(C)(C)C4)c2)cc1. The molecule has 0 amide bonds. The number of rotatable bonds is 3.